The molecular weight excluding hydrogens is 740 g/mol. The summed E-state index contributed by atoms with van der Waals surface area (Å²) in [4.78, 5) is 14.9. The van der Waals surface area contributed by atoms with E-state index in [0.717, 1.165) is 52.1 Å². The minimum atomic E-state index is -4.48. The number of amides is 1. The number of hydrogen-bond acceptors (Lipinski definition) is 9. The van der Waals surface area contributed by atoms with Crippen LogP contribution in [0.5, 0.6) is 0 Å². The zero-order valence-electron chi connectivity index (χ0n) is 25.9. The maximum absolute atomic E-state index is 13.9. The van der Waals surface area contributed by atoms with Crippen LogP contribution in [-0.4, -0.2) is 81.0 Å². The molecule has 2 aromatic carbocycles. The van der Waals surface area contributed by atoms with E-state index < -0.39 is 54.3 Å². The van der Waals surface area contributed by atoms with E-state index in [1.807, 2.05) is 0 Å². The summed E-state index contributed by atoms with van der Waals surface area (Å²) in [5.74, 6) is 5.17. The topological polar surface area (TPSA) is 137 Å². The van der Waals surface area contributed by atoms with Gasteiger partial charge < -0.3 is 14.9 Å². The average molecular weight is 769 g/mol. The summed E-state index contributed by atoms with van der Waals surface area (Å²) in [6.07, 6.45) is -1.73. The van der Waals surface area contributed by atoms with Crippen LogP contribution in [-0.2, 0) is 24.0 Å². The van der Waals surface area contributed by atoms with Gasteiger partial charge in [-0.3, -0.25) is 14.4 Å². The normalized spacial score (nSPS) is 17.2. The molecule has 2 fully saturated rings. The van der Waals surface area contributed by atoms with Gasteiger partial charge in [0.1, 0.15) is 0 Å². The molecule has 264 valence electrons. The van der Waals surface area contributed by atoms with Crippen molar-refractivity contribution in [3.63, 3.8) is 0 Å². The SMILES string of the molecule is O=C(NN1CCCCC1)c1nn(-c2ccc(Cl)cc2Cl)c(-c2ccc(C#Cc3ccc(C(F)(F)F)cc3)s2)c1CN(S(=O)[O-])C1(O)CN(O)C1. The Bertz CT molecular complexity index is 1980. The van der Waals surface area contributed by atoms with Crippen LogP contribution >= 0.6 is 34.5 Å². The second-order valence-electron chi connectivity index (χ2n) is 11.7. The van der Waals surface area contributed by atoms with Crippen LogP contribution in [0.4, 0.5) is 13.2 Å². The minimum absolute atomic E-state index is 0.128. The van der Waals surface area contributed by atoms with E-state index in [1.165, 1.54) is 22.9 Å². The molecule has 2 aliphatic heterocycles. The molecule has 1 amide bonds. The third kappa shape index (κ3) is 7.92. The number of carbonyl (C=O) groups excluding carboxylic acids is 1. The predicted molar refractivity (Wildman–Crippen MR) is 180 cm³/mol. The molecular formula is C32H28Cl2F3N6O5S2-. The van der Waals surface area contributed by atoms with Crippen molar-refractivity contribution in [1.29, 1.82) is 0 Å². The van der Waals surface area contributed by atoms with Crippen molar-refractivity contribution in [1.82, 2.24) is 29.6 Å². The minimum Gasteiger partial charge on any atom is -0.759 e. The highest BCUT2D eigenvalue weighted by Crippen LogP contribution is 2.39. The van der Waals surface area contributed by atoms with Gasteiger partial charge in [0.05, 0.1) is 44.8 Å². The Kier molecular flexibility index (Phi) is 10.7. The molecule has 2 aromatic heterocycles. The average Bonchev–Trinajstić information content (AvgIpc) is 3.66. The molecule has 2 saturated heterocycles. The summed E-state index contributed by atoms with van der Waals surface area (Å²) in [7, 11) is 0. The van der Waals surface area contributed by atoms with Crippen molar-refractivity contribution in [2.75, 3.05) is 26.2 Å². The second kappa shape index (κ2) is 14.7. The smallest absolute Gasteiger partial charge is 0.416 e. The van der Waals surface area contributed by atoms with Crippen LogP contribution in [0.15, 0.2) is 54.6 Å². The molecule has 11 nitrogen and oxygen atoms in total. The number of aromatic nitrogens is 2. The predicted octanol–water partition coefficient (Wildman–Crippen LogP) is 5.45. The van der Waals surface area contributed by atoms with Crippen molar-refractivity contribution in [3.05, 3.63) is 91.9 Å². The first-order valence-electron chi connectivity index (χ1n) is 15.2. The molecule has 0 spiro atoms. The molecule has 4 aromatic rings. The van der Waals surface area contributed by atoms with E-state index in [4.69, 9.17) is 23.2 Å². The maximum atomic E-state index is 13.9. The lowest BCUT2D eigenvalue weighted by molar-refractivity contribution is -0.276. The highest BCUT2D eigenvalue weighted by atomic mass is 35.5. The largest absolute Gasteiger partial charge is 0.759 e. The zero-order chi connectivity index (χ0) is 35.8. The third-order valence-electron chi connectivity index (χ3n) is 8.15. The van der Waals surface area contributed by atoms with E-state index in [2.05, 4.69) is 22.4 Å². The van der Waals surface area contributed by atoms with Crippen LogP contribution in [0.1, 0.15) is 51.3 Å². The summed E-state index contributed by atoms with van der Waals surface area (Å²) in [5.41, 5.74) is 1.02. The van der Waals surface area contributed by atoms with Crippen LogP contribution in [0.3, 0.4) is 0 Å². The number of aliphatic hydroxyl groups is 1. The van der Waals surface area contributed by atoms with E-state index in [9.17, 15) is 37.0 Å². The summed E-state index contributed by atoms with van der Waals surface area (Å²) < 4.78 is 66.3. The van der Waals surface area contributed by atoms with Gasteiger partial charge in [0.25, 0.3) is 5.91 Å². The first-order valence-corrected chi connectivity index (χ1v) is 17.8. The van der Waals surface area contributed by atoms with Crippen LogP contribution in [0, 0.1) is 11.8 Å². The van der Waals surface area contributed by atoms with Crippen molar-refractivity contribution < 1.29 is 37.0 Å². The van der Waals surface area contributed by atoms with E-state index >= 15 is 0 Å². The van der Waals surface area contributed by atoms with Crippen molar-refractivity contribution in [2.45, 2.75) is 37.7 Å². The number of hydrogen-bond donors (Lipinski definition) is 3. The molecule has 1 atom stereocenters. The molecule has 6 rings (SSSR count). The van der Waals surface area contributed by atoms with Crippen molar-refractivity contribution >= 4 is 51.7 Å². The highest BCUT2D eigenvalue weighted by Gasteiger charge is 2.48. The lowest BCUT2D eigenvalue weighted by Gasteiger charge is -2.49. The number of benzene rings is 2. The molecule has 0 saturated carbocycles. The monoisotopic (exact) mass is 767 g/mol. The van der Waals surface area contributed by atoms with Gasteiger partial charge in [-0.2, -0.15) is 27.6 Å². The Morgan fingerprint density at radius 2 is 1.78 bits per heavy atom. The van der Waals surface area contributed by atoms with Crippen LogP contribution in [0.2, 0.25) is 10.0 Å². The fourth-order valence-corrected chi connectivity index (χ4v) is 7.69. The van der Waals surface area contributed by atoms with Gasteiger partial charge in [-0.05, 0) is 67.4 Å². The maximum Gasteiger partial charge on any atom is 0.416 e. The number of carbonyl (C=O) groups is 1. The van der Waals surface area contributed by atoms with Gasteiger partial charge in [0, 0.05) is 47.1 Å². The lowest BCUT2D eigenvalue weighted by Crippen LogP contribution is -2.69. The molecule has 1 unspecified atom stereocenters. The summed E-state index contributed by atoms with van der Waals surface area (Å²) in [5, 5.41) is 28.6. The quantitative estimate of drug-likeness (QED) is 0.123. The number of nitrogens with zero attached hydrogens (tertiary/aromatic N) is 5. The first kappa shape index (κ1) is 36.5. The molecule has 18 heteroatoms. The number of hydrazine groups is 1. The number of alkyl halides is 3. The first-order chi connectivity index (χ1) is 23.7. The zero-order valence-corrected chi connectivity index (χ0v) is 29.1. The summed E-state index contributed by atoms with van der Waals surface area (Å²) >= 11 is 11.0. The number of thiophene rings is 1. The van der Waals surface area contributed by atoms with E-state index in [1.54, 1.807) is 29.3 Å². The fraction of sp³-hybridized carbons (Fsp3) is 0.312. The Morgan fingerprint density at radius 3 is 2.40 bits per heavy atom. The molecule has 0 aliphatic carbocycles. The number of nitrogens with one attached hydrogen (secondary N) is 1. The van der Waals surface area contributed by atoms with E-state index in [0.29, 0.717) is 39.1 Å². The highest BCUT2D eigenvalue weighted by molar-refractivity contribution is 7.76. The van der Waals surface area contributed by atoms with Crippen LogP contribution in [0.25, 0.3) is 16.3 Å². The third-order valence-corrected chi connectivity index (χ3v) is 10.5. The van der Waals surface area contributed by atoms with E-state index in [-0.39, 0.29) is 22.0 Å². The van der Waals surface area contributed by atoms with Gasteiger partial charge in [0.15, 0.2) is 11.4 Å². The molecule has 4 heterocycles. The summed E-state index contributed by atoms with van der Waals surface area (Å²) in [6.45, 7) is -0.107. The standard InChI is InChI=1S/C32H29Cl2F3N6O5S2/c33-22-9-12-26(25(34)16-22)43-29(27-13-11-23(49-27)10-6-20-4-7-21(8-5-20)32(35,36)37)24(17-42(50(47)48)31(45)18-41(46)19-31)28(38-43)30(44)39-40-14-2-1-3-15-40/h4-5,7-9,11-13,16,45-46H,1-3,14-15,17-19H2,(H,39,44)(H,47,48)/p-1. The number of hydroxylamine groups is 2. The van der Waals surface area contributed by atoms with Crippen LogP contribution < -0.4 is 5.43 Å². The Hall–Kier alpha value is -3.34. The fourth-order valence-electron chi connectivity index (χ4n) is 5.65. The Balaban J connectivity index is 1.47. The van der Waals surface area contributed by atoms with Crippen molar-refractivity contribution in [3.8, 4) is 28.1 Å². The number of piperidine rings is 1. The lowest BCUT2D eigenvalue weighted by atomic mass is 10.1. The molecule has 3 N–H and O–H groups in total. The number of halogens is 5. The number of rotatable bonds is 8. The Morgan fingerprint density at radius 1 is 1.08 bits per heavy atom. The van der Waals surface area contributed by atoms with Gasteiger partial charge in [-0.1, -0.05) is 41.5 Å². The van der Waals surface area contributed by atoms with Gasteiger partial charge >= 0.3 is 6.18 Å². The second-order valence-corrected chi connectivity index (χ2v) is 14.5. The van der Waals surface area contributed by atoms with Gasteiger partial charge in [-0.25, -0.2) is 9.69 Å². The Labute approximate surface area is 301 Å². The summed E-state index contributed by atoms with van der Waals surface area (Å²) in [6, 6.07) is 12.4. The molecule has 0 radical (unpaired) electrons. The molecule has 50 heavy (non-hydrogen) atoms. The molecule has 0 bridgehead atoms. The van der Waals surface area contributed by atoms with Crippen molar-refractivity contribution in [2.24, 2.45) is 0 Å². The molecule has 2 aliphatic rings. The van der Waals surface area contributed by atoms with Gasteiger partial charge in [-0.15, -0.1) is 11.3 Å². The van der Waals surface area contributed by atoms with Gasteiger partial charge in [0.2, 0.25) is 0 Å². The number of β-amino-alcohol motifs (C(OH)–C–C–N with tert-alkyl or cyclic N) is 1.